The van der Waals surface area contributed by atoms with E-state index in [1.165, 1.54) is 0 Å². The number of nitrogens with zero attached hydrogens (tertiary/aromatic N) is 2. The van der Waals surface area contributed by atoms with Crippen LogP contribution in [0.2, 0.25) is 0 Å². The Balaban J connectivity index is 2.17. The number of hydrogen-bond acceptors (Lipinski definition) is 3. The monoisotopic (exact) mass is 266 g/mol. The quantitative estimate of drug-likeness (QED) is 0.782. The lowest BCUT2D eigenvalue weighted by atomic mass is 10.2. The first-order valence-electron chi connectivity index (χ1n) is 5.55. The zero-order valence-electron chi connectivity index (χ0n) is 9.81. The molecule has 18 heavy (non-hydrogen) atoms. The van der Waals surface area contributed by atoms with E-state index in [0.717, 1.165) is 17.5 Å². The van der Waals surface area contributed by atoms with E-state index in [2.05, 4.69) is 9.97 Å². The minimum atomic E-state index is -2.39. The number of aryl methyl sites for hydroxylation is 1. The van der Waals surface area contributed by atoms with Gasteiger partial charge >= 0.3 is 0 Å². The highest BCUT2D eigenvalue weighted by molar-refractivity contribution is 7.99. The molecular weight excluding hydrogens is 254 g/mol. The van der Waals surface area contributed by atoms with Crippen molar-refractivity contribution < 1.29 is 8.78 Å². The first-order valence-corrected chi connectivity index (χ1v) is 6.43. The van der Waals surface area contributed by atoms with Gasteiger partial charge in [0.2, 0.25) is 0 Å². The number of alkyl halides is 2. The van der Waals surface area contributed by atoms with Crippen LogP contribution in [0.25, 0.3) is 11.4 Å². The molecule has 0 atom stereocenters. The largest absolute Gasteiger partial charge is 0.288 e. The second-order valence-corrected chi connectivity index (χ2v) is 4.73. The molecule has 2 nitrogen and oxygen atoms in total. The maximum absolute atomic E-state index is 12.2. The van der Waals surface area contributed by atoms with Gasteiger partial charge < -0.3 is 0 Å². The Morgan fingerprint density at radius 3 is 2.22 bits per heavy atom. The number of rotatable bonds is 4. The van der Waals surface area contributed by atoms with Gasteiger partial charge in [0.1, 0.15) is 0 Å². The Kier molecular flexibility index (Phi) is 4.25. The average molecular weight is 266 g/mol. The van der Waals surface area contributed by atoms with E-state index in [-0.39, 0.29) is 0 Å². The first kappa shape index (κ1) is 13.0. The van der Waals surface area contributed by atoms with Crippen molar-refractivity contribution in [2.75, 3.05) is 0 Å². The van der Waals surface area contributed by atoms with Crippen LogP contribution < -0.4 is 0 Å². The maximum Gasteiger partial charge on any atom is 0.288 e. The van der Waals surface area contributed by atoms with Crippen LogP contribution in [0, 0.1) is 0 Å². The molecule has 0 fully saturated rings. The van der Waals surface area contributed by atoms with Crippen molar-refractivity contribution in [2.24, 2.45) is 0 Å². The van der Waals surface area contributed by atoms with Gasteiger partial charge in [-0.3, -0.25) is 0 Å². The molecule has 0 saturated carbocycles. The molecule has 0 spiro atoms. The average Bonchev–Trinajstić information content (AvgIpc) is 2.39. The minimum Gasteiger partial charge on any atom is -0.236 e. The Hall–Kier alpha value is -1.49. The van der Waals surface area contributed by atoms with Gasteiger partial charge in [-0.2, -0.15) is 8.78 Å². The van der Waals surface area contributed by atoms with Crippen LogP contribution in [0.1, 0.15) is 12.5 Å². The summed E-state index contributed by atoms with van der Waals surface area (Å²) >= 11 is 0.534. The Bertz CT molecular complexity index is 497. The number of benzene rings is 1. The highest BCUT2D eigenvalue weighted by atomic mass is 32.2. The first-order chi connectivity index (χ1) is 8.69. The van der Waals surface area contributed by atoms with Gasteiger partial charge in [-0.15, -0.1) is 0 Å². The van der Waals surface area contributed by atoms with Crippen LogP contribution in [-0.4, -0.2) is 15.7 Å². The molecule has 0 radical (unpaired) electrons. The molecule has 2 aromatic rings. The van der Waals surface area contributed by atoms with Crippen molar-refractivity contribution in [2.45, 2.75) is 24.0 Å². The highest BCUT2D eigenvalue weighted by Crippen LogP contribution is 2.26. The summed E-state index contributed by atoms with van der Waals surface area (Å²) in [7, 11) is 0. The van der Waals surface area contributed by atoms with E-state index in [0.29, 0.717) is 22.5 Å². The topological polar surface area (TPSA) is 25.8 Å². The van der Waals surface area contributed by atoms with Gasteiger partial charge in [-0.05, 0) is 24.1 Å². The zero-order valence-corrected chi connectivity index (χ0v) is 10.6. The third-order valence-corrected chi connectivity index (χ3v) is 3.17. The molecule has 0 aliphatic heterocycles. The van der Waals surface area contributed by atoms with Crippen molar-refractivity contribution in [1.82, 2.24) is 9.97 Å². The second kappa shape index (κ2) is 5.91. The summed E-state index contributed by atoms with van der Waals surface area (Å²) in [5.74, 6) is -1.78. The summed E-state index contributed by atoms with van der Waals surface area (Å²) in [5.41, 5.74) is 1.90. The summed E-state index contributed by atoms with van der Waals surface area (Å²) in [5, 5.41) is 0. The van der Waals surface area contributed by atoms with E-state index in [1.54, 1.807) is 36.7 Å². The molecule has 0 N–H and O–H groups in total. The molecule has 1 aromatic heterocycles. The van der Waals surface area contributed by atoms with Gasteiger partial charge in [0.25, 0.3) is 5.76 Å². The number of hydrogen-bond donors (Lipinski definition) is 0. The van der Waals surface area contributed by atoms with Crippen LogP contribution in [0.5, 0.6) is 0 Å². The van der Waals surface area contributed by atoms with Crippen molar-refractivity contribution in [3.05, 3.63) is 42.2 Å². The fourth-order valence-corrected chi connectivity index (χ4v) is 1.97. The molecule has 0 aliphatic rings. The number of aromatic nitrogens is 2. The number of halogens is 2. The van der Waals surface area contributed by atoms with E-state index in [4.69, 9.17) is 0 Å². The Morgan fingerprint density at radius 1 is 1.11 bits per heavy atom. The lowest BCUT2D eigenvalue weighted by Crippen LogP contribution is -1.91. The van der Waals surface area contributed by atoms with Crippen molar-refractivity contribution in [3.63, 3.8) is 0 Å². The minimum absolute atomic E-state index is 0.534. The molecule has 0 saturated heterocycles. The van der Waals surface area contributed by atoms with Crippen LogP contribution in [0.4, 0.5) is 8.78 Å². The molecule has 94 valence electrons. The van der Waals surface area contributed by atoms with Crippen LogP contribution in [0.3, 0.4) is 0 Å². The Labute approximate surface area is 108 Å². The van der Waals surface area contributed by atoms with E-state index < -0.39 is 5.76 Å². The summed E-state index contributed by atoms with van der Waals surface area (Å²) in [4.78, 5) is 9.03. The van der Waals surface area contributed by atoms with E-state index in [9.17, 15) is 8.78 Å². The summed E-state index contributed by atoms with van der Waals surface area (Å²) < 4.78 is 24.3. The fraction of sp³-hybridized carbons (Fsp3) is 0.231. The normalized spacial score (nSPS) is 10.9. The van der Waals surface area contributed by atoms with Gasteiger partial charge in [-0.1, -0.05) is 30.8 Å². The fourth-order valence-electron chi connectivity index (χ4n) is 1.47. The summed E-state index contributed by atoms with van der Waals surface area (Å²) in [6.45, 7) is 2.04. The second-order valence-electron chi connectivity index (χ2n) is 3.67. The zero-order chi connectivity index (χ0) is 13.0. The standard InChI is InChI=1S/C13H12F2N2S/c1-2-9-7-16-12(17-8-9)10-3-5-11(6-4-10)18-13(14)15/h3-8,13H,2H2,1H3. The molecule has 0 aliphatic carbocycles. The lowest BCUT2D eigenvalue weighted by Gasteiger charge is -2.03. The number of thioether (sulfide) groups is 1. The molecule has 1 heterocycles. The molecule has 2 rings (SSSR count). The molecule has 5 heteroatoms. The molecule has 0 unspecified atom stereocenters. The van der Waals surface area contributed by atoms with E-state index >= 15 is 0 Å². The summed E-state index contributed by atoms with van der Waals surface area (Å²) in [6, 6.07) is 6.82. The van der Waals surface area contributed by atoms with Crippen LogP contribution >= 0.6 is 11.8 Å². The van der Waals surface area contributed by atoms with Gasteiger partial charge in [0, 0.05) is 22.9 Å². The van der Waals surface area contributed by atoms with Crippen LogP contribution in [0.15, 0.2) is 41.6 Å². The van der Waals surface area contributed by atoms with Gasteiger partial charge in [0.05, 0.1) is 0 Å². The molecule has 1 aromatic carbocycles. The van der Waals surface area contributed by atoms with E-state index in [1.807, 2.05) is 6.92 Å². The van der Waals surface area contributed by atoms with Gasteiger partial charge in [-0.25, -0.2) is 9.97 Å². The van der Waals surface area contributed by atoms with Crippen molar-refractivity contribution >= 4 is 11.8 Å². The Morgan fingerprint density at radius 2 is 1.72 bits per heavy atom. The molecular formula is C13H12F2N2S. The summed E-state index contributed by atoms with van der Waals surface area (Å²) in [6.07, 6.45) is 4.46. The van der Waals surface area contributed by atoms with Crippen molar-refractivity contribution in [1.29, 1.82) is 0 Å². The highest BCUT2D eigenvalue weighted by Gasteiger charge is 2.06. The smallest absolute Gasteiger partial charge is 0.236 e. The molecule has 0 bridgehead atoms. The predicted octanol–water partition coefficient (Wildman–Crippen LogP) is 4.02. The van der Waals surface area contributed by atoms with Crippen LogP contribution in [-0.2, 0) is 6.42 Å². The van der Waals surface area contributed by atoms with Gasteiger partial charge in [0.15, 0.2) is 5.82 Å². The SMILES string of the molecule is CCc1cnc(-c2ccc(SC(F)F)cc2)nc1. The molecule has 0 amide bonds. The lowest BCUT2D eigenvalue weighted by molar-refractivity contribution is 0.252. The predicted molar refractivity (Wildman–Crippen MR) is 68.7 cm³/mol. The third kappa shape index (κ3) is 3.26. The third-order valence-electron chi connectivity index (χ3n) is 2.45. The van der Waals surface area contributed by atoms with Crippen molar-refractivity contribution in [3.8, 4) is 11.4 Å². The maximum atomic E-state index is 12.2.